The van der Waals surface area contributed by atoms with Gasteiger partial charge in [-0.3, -0.25) is 0 Å². The summed E-state index contributed by atoms with van der Waals surface area (Å²) in [7, 11) is 0. The molecule has 0 aliphatic rings. The zero-order valence-electron chi connectivity index (χ0n) is 10.2. The lowest BCUT2D eigenvalue weighted by Gasteiger charge is -2.08. The highest BCUT2D eigenvalue weighted by atomic mass is 79.9. The van der Waals surface area contributed by atoms with Crippen LogP contribution in [0.25, 0.3) is 0 Å². The maximum absolute atomic E-state index is 11.7. The average molecular weight is 360 g/mol. The fraction of sp³-hybridized carbons (Fsp3) is 0.154. The summed E-state index contributed by atoms with van der Waals surface area (Å²) < 4.78 is 1.69. The molecule has 3 nitrogen and oxygen atoms in total. The number of thiophene rings is 1. The van der Waals surface area contributed by atoms with Crippen molar-refractivity contribution < 1.29 is 4.79 Å². The molecule has 0 spiro atoms. The third kappa shape index (κ3) is 4.23. The number of hydrogen-bond acceptors (Lipinski definition) is 2. The molecule has 1 aromatic carbocycles. The van der Waals surface area contributed by atoms with Gasteiger partial charge in [-0.25, -0.2) is 4.79 Å². The minimum atomic E-state index is -0.236. The van der Waals surface area contributed by atoms with E-state index in [1.807, 2.05) is 37.3 Å². The molecule has 0 saturated carbocycles. The number of carbonyl (C=O) groups excluding carboxylic acids is 1. The molecule has 2 amide bonds. The van der Waals surface area contributed by atoms with E-state index in [1.54, 1.807) is 0 Å². The van der Waals surface area contributed by atoms with Crippen molar-refractivity contribution in [3.63, 3.8) is 0 Å². The molecular weight excluding hydrogens is 348 g/mol. The number of anilines is 1. The molecule has 1 heterocycles. The van der Waals surface area contributed by atoms with E-state index in [4.69, 9.17) is 11.6 Å². The van der Waals surface area contributed by atoms with Crippen LogP contribution in [0.1, 0.15) is 10.4 Å². The van der Waals surface area contributed by atoms with Crippen molar-refractivity contribution in [1.82, 2.24) is 5.32 Å². The van der Waals surface area contributed by atoms with Gasteiger partial charge in [-0.05, 0) is 36.8 Å². The van der Waals surface area contributed by atoms with E-state index in [9.17, 15) is 4.79 Å². The summed E-state index contributed by atoms with van der Waals surface area (Å²) in [5.74, 6) is 0. The summed E-state index contributed by atoms with van der Waals surface area (Å²) >= 11 is 10.7. The Morgan fingerprint density at radius 2 is 2.16 bits per heavy atom. The first-order valence-electron chi connectivity index (χ1n) is 5.60. The molecule has 2 rings (SSSR count). The van der Waals surface area contributed by atoms with Crippen molar-refractivity contribution in [3.8, 4) is 0 Å². The smallest absolute Gasteiger partial charge is 0.319 e. The summed E-state index contributed by atoms with van der Waals surface area (Å²) in [6.07, 6.45) is 0. The van der Waals surface area contributed by atoms with Gasteiger partial charge in [-0.15, -0.1) is 11.3 Å². The van der Waals surface area contributed by atoms with Gasteiger partial charge < -0.3 is 10.6 Å². The van der Waals surface area contributed by atoms with Gasteiger partial charge in [0, 0.05) is 15.0 Å². The maximum atomic E-state index is 11.7. The van der Waals surface area contributed by atoms with E-state index in [0.29, 0.717) is 6.54 Å². The zero-order valence-corrected chi connectivity index (χ0v) is 13.3. The number of nitrogens with one attached hydrogen (secondary N) is 2. The Kier molecular flexibility index (Phi) is 4.85. The van der Waals surface area contributed by atoms with Crippen LogP contribution in [-0.2, 0) is 6.54 Å². The van der Waals surface area contributed by atoms with Gasteiger partial charge in [-0.1, -0.05) is 33.6 Å². The summed E-state index contributed by atoms with van der Waals surface area (Å²) in [5, 5.41) is 5.56. The Labute approximate surface area is 129 Å². The number of urea groups is 1. The van der Waals surface area contributed by atoms with Gasteiger partial charge in [0.1, 0.15) is 0 Å². The van der Waals surface area contributed by atoms with Crippen molar-refractivity contribution in [1.29, 1.82) is 0 Å². The highest BCUT2D eigenvalue weighted by Crippen LogP contribution is 2.22. The minimum absolute atomic E-state index is 0.236. The lowest BCUT2D eigenvalue weighted by atomic mass is 10.2. The Hall–Kier alpha value is -1.04. The van der Waals surface area contributed by atoms with E-state index >= 15 is 0 Å². The predicted octanol–water partition coefficient (Wildman–Crippen LogP) is 4.79. The molecule has 0 atom stereocenters. The van der Waals surface area contributed by atoms with Gasteiger partial charge in [0.2, 0.25) is 0 Å². The van der Waals surface area contributed by atoms with E-state index in [1.165, 1.54) is 11.3 Å². The minimum Gasteiger partial charge on any atom is -0.333 e. The van der Waals surface area contributed by atoms with Crippen LogP contribution in [0.4, 0.5) is 10.5 Å². The van der Waals surface area contributed by atoms with E-state index in [-0.39, 0.29) is 6.03 Å². The molecule has 19 heavy (non-hydrogen) atoms. The van der Waals surface area contributed by atoms with Crippen molar-refractivity contribution in [2.45, 2.75) is 13.5 Å². The van der Waals surface area contributed by atoms with E-state index < -0.39 is 0 Å². The highest BCUT2D eigenvalue weighted by molar-refractivity contribution is 9.10. The lowest BCUT2D eigenvalue weighted by molar-refractivity contribution is 0.252. The topological polar surface area (TPSA) is 41.1 Å². The lowest BCUT2D eigenvalue weighted by Crippen LogP contribution is -2.27. The van der Waals surface area contributed by atoms with Crippen LogP contribution >= 0.6 is 38.9 Å². The molecule has 2 aromatic rings. The van der Waals surface area contributed by atoms with Gasteiger partial charge in [0.25, 0.3) is 0 Å². The van der Waals surface area contributed by atoms with Crippen molar-refractivity contribution in [3.05, 3.63) is 49.6 Å². The molecule has 100 valence electrons. The molecule has 0 saturated heterocycles. The number of rotatable bonds is 3. The standard InChI is InChI=1S/C13H12BrClN2OS/c1-8-2-3-9(6-11(8)14)17-13(18)16-7-10-4-5-12(15)19-10/h2-6H,7H2,1H3,(H2,16,17,18). The fourth-order valence-corrected chi connectivity index (χ4v) is 2.87. The van der Waals surface area contributed by atoms with Crippen LogP contribution in [0.2, 0.25) is 4.34 Å². The van der Waals surface area contributed by atoms with Crippen LogP contribution in [0.5, 0.6) is 0 Å². The molecule has 0 unspecified atom stereocenters. The Morgan fingerprint density at radius 3 is 2.79 bits per heavy atom. The molecule has 1 aromatic heterocycles. The molecule has 0 bridgehead atoms. The number of aryl methyl sites for hydroxylation is 1. The molecule has 2 N–H and O–H groups in total. The first kappa shape index (κ1) is 14.4. The van der Waals surface area contributed by atoms with E-state index in [2.05, 4.69) is 26.6 Å². The Morgan fingerprint density at radius 1 is 1.37 bits per heavy atom. The average Bonchev–Trinajstić information content (AvgIpc) is 2.77. The van der Waals surface area contributed by atoms with Gasteiger partial charge in [0.15, 0.2) is 0 Å². The SMILES string of the molecule is Cc1ccc(NC(=O)NCc2ccc(Cl)s2)cc1Br. The second kappa shape index (κ2) is 6.41. The number of amides is 2. The first-order valence-corrected chi connectivity index (χ1v) is 7.58. The predicted molar refractivity (Wildman–Crippen MR) is 84.1 cm³/mol. The van der Waals surface area contributed by atoms with Crippen molar-refractivity contribution in [2.24, 2.45) is 0 Å². The third-order valence-corrected chi connectivity index (χ3v) is 4.57. The highest BCUT2D eigenvalue weighted by Gasteiger charge is 2.04. The summed E-state index contributed by atoms with van der Waals surface area (Å²) in [4.78, 5) is 12.7. The maximum Gasteiger partial charge on any atom is 0.319 e. The second-order valence-corrected chi connectivity index (χ2v) is 6.63. The number of halogens is 2. The number of benzene rings is 1. The summed E-state index contributed by atoms with van der Waals surface area (Å²) in [5.41, 5.74) is 1.87. The van der Waals surface area contributed by atoms with Gasteiger partial charge in [-0.2, -0.15) is 0 Å². The summed E-state index contributed by atoms with van der Waals surface area (Å²) in [6, 6.07) is 9.16. The van der Waals surface area contributed by atoms with Crippen LogP contribution in [0, 0.1) is 6.92 Å². The zero-order chi connectivity index (χ0) is 13.8. The largest absolute Gasteiger partial charge is 0.333 e. The summed E-state index contributed by atoms with van der Waals surface area (Å²) in [6.45, 7) is 2.46. The first-order chi connectivity index (χ1) is 9.04. The van der Waals surface area contributed by atoms with Gasteiger partial charge >= 0.3 is 6.03 Å². The number of carbonyl (C=O) groups is 1. The second-order valence-electron chi connectivity index (χ2n) is 3.98. The van der Waals surface area contributed by atoms with Crippen LogP contribution in [-0.4, -0.2) is 6.03 Å². The monoisotopic (exact) mass is 358 g/mol. The van der Waals surface area contributed by atoms with Crippen molar-refractivity contribution in [2.75, 3.05) is 5.32 Å². The normalized spacial score (nSPS) is 10.3. The molecule has 0 aliphatic carbocycles. The van der Waals surface area contributed by atoms with E-state index in [0.717, 1.165) is 24.9 Å². The van der Waals surface area contributed by atoms with Crippen LogP contribution < -0.4 is 10.6 Å². The third-order valence-electron chi connectivity index (χ3n) is 2.48. The van der Waals surface area contributed by atoms with Crippen LogP contribution in [0.3, 0.4) is 0 Å². The molecule has 0 aliphatic heterocycles. The molecular formula is C13H12BrClN2OS. The van der Waals surface area contributed by atoms with Crippen LogP contribution in [0.15, 0.2) is 34.8 Å². The molecule has 0 radical (unpaired) electrons. The van der Waals surface area contributed by atoms with Gasteiger partial charge in [0.05, 0.1) is 10.9 Å². The quantitative estimate of drug-likeness (QED) is 0.812. The molecule has 6 heteroatoms. The number of hydrogen-bond donors (Lipinski definition) is 2. The Bertz CT molecular complexity index is 600. The van der Waals surface area contributed by atoms with Crippen molar-refractivity contribution >= 4 is 50.6 Å². The fourth-order valence-electron chi connectivity index (χ4n) is 1.46. The Balaban J connectivity index is 1.88. The molecule has 0 fully saturated rings.